The molecule has 0 N–H and O–H groups in total. The quantitative estimate of drug-likeness (QED) is 0.155. The van der Waals surface area contributed by atoms with Crippen LogP contribution < -0.4 is 0 Å². The summed E-state index contributed by atoms with van der Waals surface area (Å²) < 4.78 is 6.40. The van der Waals surface area contributed by atoms with E-state index in [1.54, 1.807) is 0 Å². The van der Waals surface area contributed by atoms with Gasteiger partial charge in [-0.05, 0) is 33.6 Å². The van der Waals surface area contributed by atoms with Gasteiger partial charge in [-0.2, -0.15) is 0 Å². The lowest BCUT2D eigenvalue weighted by Crippen LogP contribution is -2.41. The predicted molar refractivity (Wildman–Crippen MR) is 118 cm³/mol. The lowest BCUT2D eigenvalue weighted by atomic mass is 10.1. The Morgan fingerprint density at radius 3 is 1.56 bits per heavy atom. The van der Waals surface area contributed by atoms with Crippen molar-refractivity contribution in [2.24, 2.45) is 0 Å². The Labute approximate surface area is 170 Å². The molecule has 0 aromatic rings. The molecular weight excluding hydrogens is 334 g/mol. The summed E-state index contributed by atoms with van der Waals surface area (Å²) >= 11 is 0. The number of rotatable bonds is 17. The minimum atomic E-state index is -0.365. The van der Waals surface area contributed by atoms with Crippen molar-refractivity contribution < 1.29 is 14.0 Å². The van der Waals surface area contributed by atoms with E-state index in [0.29, 0.717) is 6.42 Å². The number of nitrogens with zero attached hydrogens (tertiary/aromatic N) is 1. The number of quaternary nitrogens is 1. The molecule has 0 spiro atoms. The zero-order chi connectivity index (χ0) is 20.6. The largest absolute Gasteiger partial charge is 0.460 e. The molecule has 0 aliphatic heterocycles. The number of esters is 1. The zero-order valence-electron chi connectivity index (χ0n) is 19.6. The van der Waals surface area contributed by atoms with Gasteiger partial charge in [0.05, 0.1) is 33.6 Å². The average Bonchev–Trinajstić information content (AvgIpc) is 2.54. The van der Waals surface area contributed by atoms with E-state index in [2.05, 4.69) is 21.0 Å². The summed E-state index contributed by atoms with van der Waals surface area (Å²) in [7, 11) is 4.57. The Morgan fingerprint density at radius 1 is 0.704 bits per heavy atom. The molecule has 0 atom stereocenters. The molecule has 0 aromatic carbocycles. The van der Waals surface area contributed by atoms with Crippen molar-refractivity contribution >= 4 is 5.97 Å². The van der Waals surface area contributed by atoms with Gasteiger partial charge in [0.1, 0.15) is 5.60 Å². The van der Waals surface area contributed by atoms with Crippen LogP contribution in [-0.2, 0) is 9.53 Å². The van der Waals surface area contributed by atoms with Crippen LogP contribution in [0.25, 0.3) is 0 Å². The Bertz CT molecular complexity index is 358. The maximum Gasteiger partial charge on any atom is 0.306 e. The Morgan fingerprint density at radius 2 is 1.11 bits per heavy atom. The number of carbonyl (C=O) groups excluding carboxylic acids is 1. The van der Waals surface area contributed by atoms with Crippen LogP contribution in [0, 0.1) is 0 Å². The molecule has 0 fully saturated rings. The highest BCUT2D eigenvalue weighted by atomic mass is 16.6. The van der Waals surface area contributed by atoms with Gasteiger partial charge in [-0.3, -0.25) is 4.79 Å². The van der Waals surface area contributed by atoms with Crippen molar-refractivity contribution in [1.82, 2.24) is 0 Å². The van der Waals surface area contributed by atoms with Gasteiger partial charge < -0.3 is 9.22 Å². The Kier molecular flexibility index (Phi) is 15.0. The Balaban J connectivity index is 3.50. The van der Waals surface area contributed by atoms with Crippen molar-refractivity contribution in [3.63, 3.8) is 0 Å². The summed E-state index contributed by atoms with van der Waals surface area (Å²) in [6.45, 7) is 10.3. The van der Waals surface area contributed by atoms with Gasteiger partial charge in [0, 0.05) is 6.42 Å². The van der Waals surface area contributed by atoms with Crippen molar-refractivity contribution in [2.45, 2.75) is 123 Å². The molecule has 0 saturated heterocycles. The summed E-state index contributed by atoms with van der Waals surface area (Å²) in [5.74, 6) is -0.0622. The van der Waals surface area contributed by atoms with Crippen molar-refractivity contribution in [1.29, 1.82) is 0 Å². The smallest absolute Gasteiger partial charge is 0.306 e. The minimum absolute atomic E-state index is 0.0622. The first-order chi connectivity index (χ1) is 12.7. The van der Waals surface area contributed by atoms with E-state index in [1.165, 1.54) is 83.6 Å². The standard InChI is InChI=1S/C24H50NO2/c1-7-8-9-10-11-12-13-14-15-16-17-18-21-25(5,6)22-19-20-23(26)27-24(2,3)4/h7-22H2,1-6H3/q+1. The van der Waals surface area contributed by atoms with E-state index in [1.807, 2.05) is 20.8 Å². The van der Waals surface area contributed by atoms with Gasteiger partial charge in [0.25, 0.3) is 0 Å². The van der Waals surface area contributed by atoms with Crippen molar-refractivity contribution in [2.75, 3.05) is 27.2 Å². The summed E-state index contributed by atoms with van der Waals surface area (Å²) in [5, 5.41) is 0. The molecule has 0 unspecified atom stereocenters. The molecule has 0 aromatic heterocycles. The van der Waals surface area contributed by atoms with Crippen LogP contribution in [0.15, 0.2) is 0 Å². The lowest BCUT2D eigenvalue weighted by Gasteiger charge is -2.30. The van der Waals surface area contributed by atoms with E-state index in [4.69, 9.17) is 4.74 Å². The fraction of sp³-hybridized carbons (Fsp3) is 0.958. The van der Waals surface area contributed by atoms with E-state index in [-0.39, 0.29) is 11.6 Å². The third-order valence-electron chi connectivity index (χ3n) is 5.18. The third kappa shape index (κ3) is 20.0. The number of ether oxygens (including phenoxy) is 1. The van der Waals surface area contributed by atoms with Crippen LogP contribution in [-0.4, -0.2) is 43.2 Å². The lowest BCUT2D eigenvalue weighted by molar-refractivity contribution is -0.890. The second kappa shape index (κ2) is 15.4. The molecule has 0 saturated carbocycles. The van der Waals surface area contributed by atoms with Gasteiger partial charge in [0.15, 0.2) is 0 Å². The molecule has 0 bridgehead atoms. The van der Waals surface area contributed by atoms with Crippen LogP contribution in [0.4, 0.5) is 0 Å². The molecule has 0 radical (unpaired) electrons. The van der Waals surface area contributed by atoms with Crippen LogP contribution in [0.1, 0.15) is 118 Å². The molecule has 27 heavy (non-hydrogen) atoms. The molecule has 0 aliphatic rings. The molecule has 162 valence electrons. The monoisotopic (exact) mass is 384 g/mol. The Hall–Kier alpha value is -0.570. The fourth-order valence-corrected chi connectivity index (χ4v) is 3.54. The molecule has 0 aliphatic carbocycles. The summed E-state index contributed by atoms with van der Waals surface area (Å²) in [4.78, 5) is 11.8. The molecule has 0 rings (SSSR count). The summed E-state index contributed by atoms with van der Waals surface area (Å²) in [6.07, 6.45) is 18.2. The molecule has 0 amide bonds. The number of carbonyl (C=O) groups is 1. The van der Waals surface area contributed by atoms with Gasteiger partial charge in [-0.15, -0.1) is 0 Å². The first kappa shape index (κ1) is 26.4. The fourth-order valence-electron chi connectivity index (χ4n) is 3.54. The predicted octanol–water partition coefficient (Wildman–Crippen LogP) is 6.89. The van der Waals surface area contributed by atoms with Gasteiger partial charge in [0.2, 0.25) is 0 Å². The van der Waals surface area contributed by atoms with Gasteiger partial charge >= 0.3 is 5.97 Å². The van der Waals surface area contributed by atoms with Gasteiger partial charge in [-0.25, -0.2) is 0 Å². The van der Waals surface area contributed by atoms with E-state index in [0.717, 1.165) is 17.4 Å². The number of hydrogen-bond donors (Lipinski definition) is 0. The van der Waals surface area contributed by atoms with Crippen LogP contribution in [0.5, 0.6) is 0 Å². The second-order valence-corrected chi connectivity index (χ2v) is 9.96. The first-order valence-corrected chi connectivity index (χ1v) is 11.7. The number of hydrogen-bond acceptors (Lipinski definition) is 2. The summed E-state index contributed by atoms with van der Waals surface area (Å²) in [5.41, 5.74) is -0.365. The van der Waals surface area contributed by atoms with Crippen molar-refractivity contribution in [3.05, 3.63) is 0 Å². The van der Waals surface area contributed by atoms with Crippen LogP contribution >= 0.6 is 0 Å². The van der Waals surface area contributed by atoms with Crippen molar-refractivity contribution in [3.8, 4) is 0 Å². The SMILES string of the molecule is CCCCCCCCCCCCCC[N+](C)(C)CCCC(=O)OC(C)(C)C. The minimum Gasteiger partial charge on any atom is -0.460 e. The topological polar surface area (TPSA) is 26.3 Å². The third-order valence-corrected chi connectivity index (χ3v) is 5.18. The van der Waals surface area contributed by atoms with E-state index >= 15 is 0 Å². The zero-order valence-corrected chi connectivity index (χ0v) is 19.6. The normalized spacial score (nSPS) is 12.4. The van der Waals surface area contributed by atoms with E-state index in [9.17, 15) is 4.79 Å². The highest BCUT2D eigenvalue weighted by molar-refractivity contribution is 5.69. The molecular formula is C24H50NO2+. The maximum atomic E-state index is 11.8. The highest BCUT2D eigenvalue weighted by Crippen LogP contribution is 2.14. The second-order valence-electron chi connectivity index (χ2n) is 9.96. The highest BCUT2D eigenvalue weighted by Gasteiger charge is 2.18. The average molecular weight is 385 g/mol. The maximum absolute atomic E-state index is 11.8. The van der Waals surface area contributed by atoms with Crippen LogP contribution in [0.3, 0.4) is 0 Å². The molecule has 0 heterocycles. The first-order valence-electron chi connectivity index (χ1n) is 11.7. The van der Waals surface area contributed by atoms with E-state index < -0.39 is 0 Å². The molecule has 3 heteroatoms. The summed E-state index contributed by atoms with van der Waals surface area (Å²) in [6, 6.07) is 0. The van der Waals surface area contributed by atoms with Gasteiger partial charge in [-0.1, -0.05) is 71.1 Å². The molecule has 3 nitrogen and oxygen atoms in total. The number of unbranched alkanes of at least 4 members (excludes halogenated alkanes) is 11. The van der Waals surface area contributed by atoms with Crippen LogP contribution in [0.2, 0.25) is 0 Å².